The quantitative estimate of drug-likeness (QED) is 0.248. The minimum Gasteiger partial charge on any atom is -0.355 e. The molecule has 1 amide bonds. The van der Waals surface area contributed by atoms with Crippen molar-refractivity contribution in [3.63, 3.8) is 0 Å². The minimum atomic E-state index is -0.327. The molecule has 3 heterocycles. The molecule has 0 fully saturated rings. The van der Waals surface area contributed by atoms with Gasteiger partial charge >= 0.3 is 0 Å². The molecular weight excluding hydrogens is 520 g/mol. The van der Waals surface area contributed by atoms with Crippen LogP contribution in [0.25, 0.3) is 32.7 Å². The predicted octanol–water partition coefficient (Wildman–Crippen LogP) is 5.36. The first-order valence-electron chi connectivity index (χ1n) is 13.0. The van der Waals surface area contributed by atoms with Crippen LogP contribution >= 0.6 is 11.3 Å². The smallest absolute Gasteiger partial charge is 0.274 e. The van der Waals surface area contributed by atoms with Crippen molar-refractivity contribution in [3.8, 4) is 32.7 Å². The van der Waals surface area contributed by atoms with E-state index in [-0.39, 0.29) is 11.6 Å². The summed E-state index contributed by atoms with van der Waals surface area (Å²) in [7, 11) is 4.08. The highest BCUT2D eigenvalue weighted by atomic mass is 32.1. The highest BCUT2D eigenvalue weighted by Crippen LogP contribution is 2.33. The topological polar surface area (TPSA) is 100 Å². The van der Waals surface area contributed by atoms with Crippen molar-refractivity contribution in [3.05, 3.63) is 90.8 Å². The lowest BCUT2D eigenvalue weighted by atomic mass is 10.1. The van der Waals surface area contributed by atoms with Gasteiger partial charge in [0.15, 0.2) is 10.8 Å². The van der Waals surface area contributed by atoms with Gasteiger partial charge in [-0.2, -0.15) is 0 Å². The first kappa shape index (κ1) is 27.0. The van der Waals surface area contributed by atoms with Crippen LogP contribution in [0.3, 0.4) is 0 Å². The summed E-state index contributed by atoms with van der Waals surface area (Å²) in [6.45, 7) is 4.46. The van der Waals surface area contributed by atoms with E-state index < -0.39 is 0 Å². The van der Waals surface area contributed by atoms with E-state index in [1.54, 1.807) is 12.3 Å². The molecule has 2 aromatic carbocycles. The normalized spacial score (nSPS) is 11.0. The Kier molecular flexibility index (Phi) is 8.48. The third-order valence-corrected chi connectivity index (χ3v) is 7.19. The van der Waals surface area contributed by atoms with Crippen LogP contribution < -0.4 is 10.2 Å². The van der Waals surface area contributed by atoms with Gasteiger partial charge in [0.25, 0.3) is 5.91 Å². The Morgan fingerprint density at radius 3 is 2.38 bits per heavy atom. The van der Waals surface area contributed by atoms with E-state index in [0.717, 1.165) is 36.5 Å². The summed E-state index contributed by atoms with van der Waals surface area (Å²) in [4.78, 5) is 31.8. The van der Waals surface area contributed by atoms with E-state index in [1.165, 1.54) is 11.3 Å². The maximum Gasteiger partial charge on any atom is 0.274 e. The van der Waals surface area contributed by atoms with E-state index in [1.807, 2.05) is 86.9 Å². The Balaban J connectivity index is 1.47. The van der Waals surface area contributed by atoms with E-state index in [4.69, 9.17) is 4.98 Å². The molecule has 0 aliphatic heterocycles. The number of likely N-dealkylation sites (N-methyl/N-ethyl adjacent to an activating group) is 2. The van der Waals surface area contributed by atoms with E-state index in [9.17, 15) is 4.79 Å². The molecule has 0 saturated carbocycles. The number of hydrogen-bond acceptors (Lipinski definition) is 9. The molecule has 0 spiro atoms. The van der Waals surface area contributed by atoms with Crippen molar-refractivity contribution in [2.75, 3.05) is 43.9 Å². The SMILES string of the molecule is CCN(CCN(C)C)c1cc(C(=O)Nc2ccccc2-c2nnc(-c3ccccn3)s2)nc(-c2ccccc2)n1. The molecule has 0 saturated heterocycles. The fourth-order valence-corrected chi connectivity index (χ4v) is 4.93. The second-order valence-corrected chi connectivity index (χ2v) is 10.3. The molecule has 5 aromatic rings. The second-order valence-electron chi connectivity index (χ2n) is 9.31. The number of para-hydroxylation sites is 1. The van der Waals surface area contributed by atoms with Gasteiger partial charge in [-0.05, 0) is 45.3 Å². The van der Waals surface area contributed by atoms with Gasteiger partial charge in [-0.25, -0.2) is 9.97 Å². The van der Waals surface area contributed by atoms with Gasteiger partial charge in [0.2, 0.25) is 0 Å². The van der Waals surface area contributed by atoms with Crippen LogP contribution in [0.5, 0.6) is 0 Å². The van der Waals surface area contributed by atoms with E-state index >= 15 is 0 Å². The first-order valence-corrected chi connectivity index (χ1v) is 13.8. The van der Waals surface area contributed by atoms with Crippen LogP contribution in [0.1, 0.15) is 17.4 Å². The van der Waals surface area contributed by atoms with E-state index in [2.05, 4.69) is 42.2 Å². The molecule has 10 heteroatoms. The van der Waals surface area contributed by atoms with Gasteiger partial charge in [-0.15, -0.1) is 10.2 Å². The number of amides is 1. The maximum absolute atomic E-state index is 13.7. The Morgan fingerprint density at radius 2 is 1.62 bits per heavy atom. The van der Waals surface area contributed by atoms with Crippen LogP contribution in [0, 0.1) is 0 Å². The van der Waals surface area contributed by atoms with Crippen LogP contribution in [-0.4, -0.2) is 69.7 Å². The predicted molar refractivity (Wildman–Crippen MR) is 160 cm³/mol. The molecule has 0 atom stereocenters. The van der Waals surface area contributed by atoms with Gasteiger partial charge in [0.05, 0.1) is 5.69 Å². The highest BCUT2D eigenvalue weighted by Gasteiger charge is 2.19. The first-order chi connectivity index (χ1) is 19.5. The number of carbonyl (C=O) groups is 1. The molecule has 0 radical (unpaired) electrons. The van der Waals surface area contributed by atoms with Crippen LogP contribution in [-0.2, 0) is 0 Å². The lowest BCUT2D eigenvalue weighted by Crippen LogP contribution is -2.32. The molecule has 202 valence electrons. The maximum atomic E-state index is 13.7. The number of anilines is 2. The van der Waals surface area contributed by atoms with Crippen LogP contribution in [0.2, 0.25) is 0 Å². The Morgan fingerprint density at radius 1 is 0.875 bits per heavy atom. The number of carbonyl (C=O) groups excluding carboxylic acids is 1. The molecular formula is C30H30N8OS. The molecule has 0 bridgehead atoms. The van der Waals surface area contributed by atoms with Crippen molar-refractivity contribution in [2.24, 2.45) is 0 Å². The van der Waals surface area contributed by atoms with Gasteiger partial charge < -0.3 is 15.1 Å². The average Bonchev–Trinajstić information content (AvgIpc) is 3.49. The fraction of sp³-hybridized carbons (Fsp3) is 0.200. The number of rotatable bonds is 10. The molecule has 5 rings (SSSR count). The summed E-state index contributed by atoms with van der Waals surface area (Å²) < 4.78 is 0. The third kappa shape index (κ3) is 6.36. The number of nitrogens with one attached hydrogen (secondary N) is 1. The molecule has 3 aromatic heterocycles. The summed E-state index contributed by atoms with van der Waals surface area (Å²) in [5, 5.41) is 13.2. The highest BCUT2D eigenvalue weighted by molar-refractivity contribution is 7.17. The van der Waals surface area contributed by atoms with E-state index in [0.29, 0.717) is 27.3 Å². The zero-order valence-corrected chi connectivity index (χ0v) is 23.5. The molecule has 1 N–H and O–H groups in total. The van der Waals surface area contributed by atoms with Gasteiger partial charge in [-0.1, -0.05) is 59.9 Å². The Hall–Kier alpha value is -4.54. The van der Waals surface area contributed by atoms with Crippen molar-refractivity contribution in [1.29, 1.82) is 0 Å². The minimum absolute atomic E-state index is 0.286. The van der Waals surface area contributed by atoms with Crippen molar-refractivity contribution >= 4 is 28.7 Å². The molecule has 0 aliphatic carbocycles. The summed E-state index contributed by atoms with van der Waals surface area (Å²) >= 11 is 1.42. The molecule has 0 unspecified atom stereocenters. The summed E-state index contributed by atoms with van der Waals surface area (Å²) in [6.07, 6.45) is 1.73. The Labute approximate surface area is 237 Å². The zero-order chi connectivity index (χ0) is 27.9. The van der Waals surface area contributed by atoms with Crippen LogP contribution in [0.15, 0.2) is 85.1 Å². The second kappa shape index (κ2) is 12.5. The number of pyridine rings is 1. The number of nitrogens with zero attached hydrogens (tertiary/aromatic N) is 7. The molecule has 40 heavy (non-hydrogen) atoms. The molecule has 9 nitrogen and oxygen atoms in total. The number of hydrogen-bond donors (Lipinski definition) is 1. The third-order valence-electron chi connectivity index (χ3n) is 6.21. The number of aromatic nitrogens is 5. The Bertz CT molecular complexity index is 1570. The standard InChI is InChI=1S/C30H30N8OS/c1-4-38(19-18-37(2)3)26-20-25(32-27(34-26)21-12-6-5-7-13-21)28(39)33-23-15-9-8-14-22(23)29-35-36-30(40-29)24-16-10-11-17-31-24/h5-17,20H,4,18-19H2,1-3H3,(H,33,39). The lowest BCUT2D eigenvalue weighted by Gasteiger charge is -2.24. The zero-order valence-electron chi connectivity index (χ0n) is 22.7. The number of benzene rings is 2. The lowest BCUT2D eigenvalue weighted by molar-refractivity contribution is 0.102. The van der Waals surface area contributed by atoms with Crippen molar-refractivity contribution in [2.45, 2.75) is 6.92 Å². The summed E-state index contributed by atoms with van der Waals surface area (Å²) in [5.74, 6) is 0.885. The van der Waals surface area contributed by atoms with Gasteiger partial charge in [-0.3, -0.25) is 9.78 Å². The van der Waals surface area contributed by atoms with Crippen LogP contribution in [0.4, 0.5) is 11.5 Å². The fourth-order valence-electron chi connectivity index (χ4n) is 4.07. The van der Waals surface area contributed by atoms with Gasteiger partial charge in [0, 0.05) is 43.0 Å². The monoisotopic (exact) mass is 550 g/mol. The van der Waals surface area contributed by atoms with Crippen molar-refractivity contribution in [1.82, 2.24) is 30.0 Å². The van der Waals surface area contributed by atoms with Crippen molar-refractivity contribution < 1.29 is 4.79 Å². The summed E-state index contributed by atoms with van der Waals surface area (Å²) in [6, 6.07) is 24.7. The average molecular weight is 551 g/mol. The molecule has 0 aliphatic rings. The summed E-state index contributed by atoms with van der Waals surface area (Å²) in [5.41, 5.74) is 3.28. The largest absolute Gasteiger partial charge is 0.355 e. The van der Waals surface area contributed by atoms with Gasteiger partial charge in [0.1, 0.15) is 22.2 Å².